The number of halogens is 9. The number of Topliss-reactive ketones (excluding diaryl/α,β-unsaturated/α-hetero) is 1. The highest BCUT2D eigenvalue weighted by Crippen LogP contribution is 2.53. The third kappa shape index (κ3) is 5.88. The number of hydrogen-bond donors (Lipinski definition) is 0. The van der Waals surface area contributed by atoms with E-state index in [-0.39, 0.29) is 18.4 Å². The average molecular weight is 602 g/mol. The van der Waals surface area contributed by atoms with Crippen LogP contribution in [0.15, 0.2) is 36.1 Å². The molecular formula is C15H13F9NO8S3-. The van der Waals surface area contributed by atoms with E-state index >= 15 is 0 Å². The highest BCUT2D eigenvalue weighted by atomic mass is 32.3. The lowest BCUT2D eigenvalue weighted by Gasteiger charge is -2.35. The quantitative estimate of drug-likeness (QED) is 0.198. The Kier molecular flexibility index (Phi) is 8.54. The number of sulfonamides is 2. The maximum absolute atomic E-state index is 14.0. The highest BCUT2D eigenvalue weighted by molar-refractivity contribution is 8.13. The summed E-state index contributed by atoms with van der Waals surface area (Å²) in [5.41, 5.74) is -6.60. The first-order valence-corrected chi connectivity index (χ1v) is 13.0. The van der Waals surface area contributed by atoms with Gasteiger partial charge in [0.25, 0.3) is 0 Å². The molecule has 0 aromatic heterocycles. The van der Waals surface area contributed by atoms with Crippen molar-refractivity contribution in [3.8, 4) is 0 Å². The molecule has 0 N–H and O–H groups in total. The van der Waals surface area contributed by atoms with Crippen molar-refractivity contribution in [2.45, 2.75) is 41.7 Å². The molecule has 1 rings (SSSR count). The van der Waals surface area contributed by atoms with Gasteiger partial charge in [0, 0.05) is 6.42 Å². The van der Waals surface area contributed by atoms with Crippen molar-refractivity contribution >= 4 is 35.9 Å². The summed E-state index contributed by atoms with van der Waals surface area (Å²) in [5.74, 6) is -9.89. The fraction of sp³-hybridized carbons (Fsp3) is 0.533. The molecule has 0 aromatic rings. The van der Waals surface area contributed by atoms with Gasteiger partial charge in [0.05, 0.1) is 0 Å². The molecule has 0 bridgehead atoms. The second-order valence-corrected chi connectivity index (χ2v) is 12.0. The molecule has 9 nitrogen and oxygen atoms in total. The number of carbonyl (C=O) groups is 1. The Morgan fingerprint density at radius 3 is 1.86 bits per heavy atom. The van der Waals surface area contributed by atoms with Crippen LogP contribution in [-0.2, 0) is 39.1 Å². The van der Waals surface area contributed by atoms with E-state index in [4.69, 9.17) is 0 Å². The summed E-state index contributed by atoms with van der Waals surface area (Å²) in [6.45, 7) is 4.71. The molecule has 1 aliphatic rings. The molecule has 0 amide bonds. The van der Waals surface area contributed by atoms with Gasteiger partial charge >= 0.3 is 32.1 Å². The largest absolute Gasteiger partial charge is 0.480 e. The van der Waals surface area contributed by atoms with Gasteiger partial charge in [0.15, 0.2) is 25.8 Å². The Morgan fingerprint density at radius 1 is 0.972 bits per heavy atom. The average Bonchev–Trinajstić information content (AvgIpc) is 2.66. The van der Waals surface area contributed by atoms with Gasteiger partial charge < -0.3 is 8.31 Å². The maximum Gasteiger partial charge on any atom is 0.480 e. The molecule has 0 spiro atoms. The number of rotatable bonds is 11. The van der Waals surface area contributed by atoms with Crippen LogP contribution in [0.25, 0.3) is 4.13 Å². The number of ketones is 1. The predicted octanol–water partition coefficient (Wildman–Crippen LogP) is 3.70. The standard InChI is InChI=1S/C15H13F9NO8S3/c1-8(2)11(26)7-9-3-5-10(6-4-9)33-36(31,32)14(20,21)12(16,17)13(18,19)34(27,28)25-35(29,30)15(22,23)24/h3,5-6,9H,1,4,7H2,2H3/q-1. The van der Waals surface area contributed by atoms with Crippen LogP contribution in [0, 0.1) is 5.92 Å². The summed E-state index contributed by atoms with van der Waals surface area (Å²) < 4.78 is 191. The lowest BCUT2D eigenvalue weighted by Crippen LogP contribution is -2.60. The number of allylic oxidation sites excluding steroid dienone is 4. The second-order valence-electron chi connectivity index (χ2n) is 6.98. The van der Waals surface area contributed by atoms with Crippen LogP contribution in [0.4, 0.5) is 39.5 Å². The molecule has 0 radical (unpaired) electrons. The Bertz CT molecular complexity index is 1300. The van der Waals surface area contributed by atoms with Gasteiger partial charge in [-0.15, -0.1) is 0 Å². The van der Waals surface area contributed by atoms with Crippen molar-refractivity contribution < 1.29 is 73.7 Å². The zero-order valence-electron chi connectivity index (χ0n) is 17.3. The van der Waals surface area contributed by atoms with Crippen LogP contribution in [0.3, 0.4) is 0 Å². The maximum atomic E-state index is 14.0. The van der Waals surface area contributed by atoms with E-state index in [1.165, 1.54) is 6.92 Å². The van der Waals surface area contributed by atoms with Gasteiger partial charge in [0.2, 0.25) is 0 Å². The first-order valence-electron chi connectivity index (χ1n) is 8.68. The predicted molar refractivity (Wildman–Crippen MR) is 102 cm³/mol. The molecule has 0 aliphatic heterocycles. The molecule has 0 saturated heterocycles. The van der Waals surface area contributed by atoms with Gasteiger partial charge in [-0.25, -0.2) is 16.8 Å². The summed E-state index contributed by atoms with van der Waals surface area (Å²) in [7, 11) is -22.7. The molecule has 36 heavy (non-hydrogen) atoms. The van der Waals surface area contributed by atoms with Crippen molar-refractivity contribution in [1.29, 1.82) is 0 Å². The Hall–Kier alpha value is -2.13. The Morgan fingerprint density at radius 2 is 1.47 bits per heavy atom. The molecular weight excluding hydrogens is 589 g/mol. The van der Waals surface area contributed by atoms with Crippen LogP contribution in [0.2, 0.25) is 0 Å². The molecule has 0 aromatic carbocycles. The Labute approximate surface area is 197 Å². The molecule has 21 heteroatoms. The van der Waals surface area contributed by atoms with E-state index in [1.54, 1.807) is 0 Å². The minimum atomic E-state index is -7.99. The summed E-state index contributed by atoms with van der Waals surface area (Å²) in [5, 5.41) is -14.7. The SMILES string of the molecule is C=C(C)C(=O)CC1C=CC(OS(=O)(=O)C(F)(F)C(F)(F)C(F)(F)S(=O)(=O)[N-]S(=O)(=O)C(F)(F)F)=CC1. The van der Waals surface area contributed by atoms with Gasteiger partial charge in [-0.1, -0.05) is 12.7 Å². The molecule has 0 heterocycles. The minimum absolute atomic E-state index is 0.129. The van der Waals surface area contributed by atoms with Crippen LogP contribution in [-0.4, -0.2) is 53.0 Å². The van der Waals surface area contributed by atoms with Crippen molar-refractivity contribution in [3.63, 3.8) is 0 Å². The number of alkyl halides is 9. The van der Waals surface area contributed by atoms with Crippen LogP contribution < -0.4 is 0 Å². The van der Waals surface area contributed by atoms with E-state index in [9.17, 15) is 69.6 Å². The van der Waals surface area contributed by atoms with Gasteiger partial charge in [-0.3, -0.25) is 4.79 Å². The number of nitrogens with zero attached hydrogens (tertiary/aromatic N) is 1. The fourth-order valence-electron chi connectivity index (χ4n) is 2.16. The molecule has 0 saturated carbocycles. The molecule has 0 fully saturated rings. The second kappa shape index (κ2) is 9.63. The zero-order valence-corrected chi connectivity index (χ0v) is 19.7. The topological polar surface area (TPSA) is 143 Å². The van der Waals surface area contributed by atoms with Crippen molar-refractivity contribution in [2.75, 3.05) is 0 Å². The molecule has 208 valence electrons. The third-order valence-corrected chi connectivity index (χ3v) is 8.50. The van der Waals surface area contributed by atoms with Crippen LogP contribution in [0.5, 0.6) is 0 Å². The molecule has 1 aliphatic carbocycles. The number of hydrogen-bond acceptors (Lipinski definition) is 8. The summed E-state index contributed by atoms with van der Waals surface area (Å²) >= 11 is 0. The van der Waals surface area contributed by atoms with Crippen molar-refractivity contribution in [3.05, 3.63) is 40.3 Å². The first-order chi connectivity index (χ1) is 15.7. The van der Waals surface area contributed by atoms with E-state index < -0.39 is 69.6 Å². The zero-order chi connectivity index (χ0) is 28.8. The smallest absolute Gasteiger partial charge is 0.423 e. The van der Waals surface area contributed by atoms with Gasteiger partial charge in [-0.2, -0.15) is 47.9 Å². The van der Waals surface area contributed by atoms with E-state index in [2.05, 4.69) is 10.8 Å². The van der Waals surface area contributed by atoms with E-state index in [0.29, 0.717) is 16.3 Å². The Balaban J connectivity index is 3.27. The third-order valence-electron chi connectivity index (χ3n) is 4.14. The van der Waals surface area contributed by atoms with Gasteiger partial charge in [0.1, 0.15) is 5.76 Å². The molecule has 1 unspecified atom stereocenters. The monoisotopic (exact) mass is 602 g/mol. The van der Waals surface area contributed by atoms with E-state index in [0.717, 1.165) is 6.08 Å². The molecule has 1 atom stereocenters. The fourth-order valence-corrected chi connectivity index (χ4v) is 5.34. The van der Waals surface area contributed by atoms with Gasteiger partial charge in [-0.05, 0) is 37.0 Å². The van der Waals surface area contributed by atoms with E-state index in [1.807, 2.05) is 0 Å². The first kappa shape index (κ1) is 31.9. The van der Waals surface area contributed by atoms with Crippen LogP contribution in [0.1, 0.15) is 19.8 Å². The highest BCUT2D eigenvalue weighted by Gasteiger charge is 2.81. The van der Waals surface area contributed by atoms with Crippen LogP contribution >= 0.6 is 0 Å². The number of carbonyl (C=O) groups excluding carboxylic acids is 1. The lowest BCUT2D eigenvalue weighted by atomic mass is 9.93. The lowest BCUT2D eigenvalue weighted by molar-refractivity contribution is -0.245. The normalized spacial score (nSPS) is 18.5. The summed E-state index contributed by atoms with van der Waals surface area (Å²) in [6.07, 6.45) is 1.74. The van der Waals surface area contributed by atoms with Crippen molar-refractivity contribution in [2.24, 2.45) is 5.92 Å². The minimum Gasteiger partial charge on any atom is -0.423 e. The summed E-state index contributed by atoms with van der Waals surface area (Å²) in [4.78, 5) is 11.6. The van der Waals surface area contributed by atoms with Crippen molar-refractivity contribution in [1.82, 2.24) is 0 Å². The summed E-state index contributed by atoms with van der Waals surface area (Å²) in [6, 6.07) is 0.